The summed E-state index contributed by atoms with van der Waals surface area (Å²) in [6, 6.07) is 0. The maximum absolute atomic E-state index is 4.33. The van der Waals surface area contributed by atoms with Crippen LogP contribution in [0.2, 0.25) is 0 Å². The van der Waals surface area contributed by atoms with E-state index in [1.54, 1.807) is 23.6 Å². The van der Waals surface area contributed by atoms with Crippen molar-refractivity contribution in [2.45, 2.75) is 20.3 Å². The van der Waals surface area contributed by atoms with Gasteiger partial charge >= 0.3 is 0 Å². The zero-order chi connectivity index (χ0) is 12.0. The number of allylic oxidation sites excluding steroid dienone is 1. The third-order valence-electron chi connectivity index (χ3n) is 1.84. The van der Waals surface area contributed by atoms with Crippen LogP contribution in [0.4, 0.5) is 0 Å². The lowest BCUT2D eigenvalue weighted by Gasteiger charge is -1.95. The van der Waals surface area contributed by atoms with E-state index in [1.807, 2.05) is 13.0 Å². The Hall–Kier alpha value is -1.55. The van der Waals surface area contributed by atoms with Crippen LogP contribution >= 0.6 is 11.3 Å². The first-order valence-corrected chi connectivity index (χ1v) is 5.84. The second kappa shape index (κ2) is 6.12. The Kier molecular flexibility index (Phi) is 4.79. The Morgan fingerprint density at radius 2 is 2.31 bits per heavy atom. The van der Waals surface area contributed by atoms with Crippen LogP contribution in [0.5, 0.6) is 0 Å². The molecular formula is C12H15N3S. The fraction of sp³-hybridized carbons (Fsp3) is 0.250. The molecule has 84 valence electrons. The second-order valence-electron chi connectivity index (χ2n) is 3.06. The summed E-state index contributed by atoms with van der Waals surface area (Å²) in [5.41, 5.74) is 0.818. The number of aryl methyl sites for hydroxylation is 1. The Labute approximate surface area is 100.0 Å². The van der Waals surface area contributed by atoms with Gasteiger partial charge in [0.15, 0.2) is 5.84 Å². The molecule has 0 aromatic carbocycles. The molecule has 0 aliphatic heterocycles. The minimum absolute atomic E-state index is 0.602. The van der Waals surface area contributed by atoms with E-state index < -0.39 is 0 Å². The van der Waals surface area contributed by atoms with E-state index in [9.17, 15) is 0 Å². The van der Waals surface area contributed by atoms with E-state index in [-0.39, 0.29) is 0 Å². The average molecular weight is 233 g/mol. The van der Waals surface area contributed by atoms with Crippen LogP contribution in [0.1, 0.15) is 28.9 Å². The molecule has 0 radical (unpaired) electrons. The van der Waals surface area contributed by atoms with Gasteiger partial charge in [-0.25, -0.2) is 15.0 Å². The average Bonchev–Trinajstić information content (AvgIpc) is 2.66. The molecular weight excluding hydrogens is 218 g/mol. The standard InChI is InChI=1S/C12H15N3S/c1-5-7-8-14-12(13-4)11-10(6-2)15-9(3)16-11/h6-8H,2,4-5H2,1,3H3/b8-7-,14-12?. The summed E-state index contributed by atoms with van der Waals surface area (Å²) in [6.07, 6.45) is 6.37. The molecule has 0 spiro atoms. The van der Waals surface area contributed by atoms with E-state index in [4.69, 9.17) is 0 Å². The van der Waals surface area contributed by atoms with Crippen molar-refractivity contribution < 1.29 is 0 Å². The maximum atomic E-state index is 4.33. The van der Waals surface area contributed by atoms with Crippen LogP contribution in [0.15, 0.2) is 28.8 Å². The first kappa shape index (κ1) is 12.5. The first-order chi connectivity index (χ1) is 7.72. The molecule has 0 fully saturated rings. The van der Waals surface area contributed by atoms with E-state index >= 15 is 0 Å². The number of amidine groups is 1. The number of aromatic nitrogens is 1. The van der Waals surface area contributed by atoms with Crippen molar-refractivity contribution in [3.8, 4) is 0 Å². The maximum Gasteiger partial charge on any atom is 0.171 e. The van der Waals surface area contributed by atoms with Gasteiger partial charge in [0, 0.05) is 6.20 Å². The van der Waals surface area contributed by atoms with Crippen molar-refractivity contribution in [1.82, 2.24) is 4.98 Å². The molecule has 0 bridgehead atoms. The van der Waals surface area contributed by atoms with Gasteiger partial charge in [-0.1, -0.05) is 19.6 Å². The van der Waals surface area contributed by atoms with Crippen molar-refractivity contribution >= 4 is 30.0 Å². The predicted molar refractivity (Wildman–Crippen MR) is 72.5 cm³/mol. The van der Waals surface area contributed by atoms with Gasteiger partial charge in [0.1, 0.15) is 0 Å². The first-order valence-electron chi connectivity index (χ1n) is 5.02. The largest absolute Gasteiger partial charge is 0.244 e. The molecule has 0 unspecified atom stereocenters. The highest BCUT2D eigenvalue weighted by Crippen LogP contribution is 2.20. The smallest absolute Gasteiger partial charge is 0.171 e. The number of nitrogens with zero attached hydrogens (tertiary/aromatic N) is 3. The van der Waals surface area contributed by atoms with Gasteiger partial charge in [0.05, 0.1) is 15.6 Å². The van der Waals surface area contributed by atoms with Crippen LogP contribution in [-0.2, 0) is 0 Å². The lowest BCUT2D eigenvalue weighted by molar-refractivity contribution is 1.21. The predicted octanol–water partition coefficient (Wildman–Crippen LogP) is 3.47. The lowest BCUT2D eigenvalue weighted by atomic mass is 10.3. The summed E-state index contributed by atoms with van der Waals surface area (Å²) in [6.45, 7) is 11.3. The molecule has 0 amide bonds. The minimum Gasteiger partial charge on any atom is -0.244 e. The Morgan fingerprint density at radius 1 is 1.56 bits per heavy atom. The highest BCUT2D eigenvalue weighted by molar-refractivity contribution is 7.14. The second-order valence-corrected chi connectivity index (χ2v) is 4.26. The summed E-state index contributed by atoms with van der Waals surface area (Å²) in [5.74, 6) is 0.602. The number of aliphatic imine (C=N–C) groups is 2. The Morgan fingerprint density at radius 3 is 2.88 bits per heavy atom. The molecule has 0 aliphatic carbocycles. The van der Waals surface area contributed by atoms with Crippen LogP contribution < -0.4 is 0 Å². The van der Waals surface area contributed by atoms with Crippen LogP contribution in [0, 0.1) is 6.92 Å². The van der Waals surface area contributed by atoms with Crippen molar-refractivity contribution in [3.63, 3.8) is 0 Å². The third kappa shape index (κ3) is 2.97. The number of thiazole rings is 1. The van der Waals surface area contributed by atoms with E-state index in [1.165, 1.54) is 0 Å². The van der Waals surface area contributed by atoms with E-state index in [0.717, 1.165) is 22.0 Å². The van der Waals surface area contributed by atoms with Crippen molar-refractivity contribution in [3.05, 3.63) is 34.4 Å². The fourth-order valence-corrected chi connectivity index (χ4v) is 2.02. The van der Waals surface area contributed by atoms with Gasteiger partial charge < -0.3 is 0 Å². The molecule has 1 rings (SSSR count). The van der Waals surface area contributed by atoms with E-state index in [0.29, 0.717) is 5.84 Å². The summed E-state index contributed by atoms with van der Waals surface area (Å²) < 4.78 is 0. The minimum atomic E-state index is 0.602. The van der Waals surface area contributed by atoms with Gasteiger partial charge in [0.2, 0.25) is 0 Å². The van der Waals surface area contributed by atoms with Gasteiger partial charge in [-0.15, -0.1) is 11.3 Å². The van der Waals surface area contributed by atoms with Gasteiger partial charge in [-0.05, 0) is 26.1 Å². The van der Waals surface area contributed by atoms with Crippen molar-refractivity contribution in [1.29, 1.82) is 0 Å². The van der Waals surface area contributed by atoms with Crippen molar-refractivity contribution in [2.75, 3.05) is 0 Å². The topological polar surface area (TPSA) is 37.6 Å². The molecule has 3 nitrogen and oxygen atoms in total. The lowest BCUT2D eigenvalue weighted by Crippen LogP contribution is -1.94. The van der Waals surface area contributed by atoms with Crippen molar-refractivity contribution in [2.24, 2.45) is 9.98 Å². The quantitative estimate of drug-likeness (QED) is 0.579. The molecule has 4 heteroatoms. The fourth-order valence-electron chi connectivity index (χ4n) is 1.14. The number of hydrogen-bond donors (Lipinski definition) is 0. The number of rotatable bonds is 4. The molecule has 0 saturated carbocycles. The molecule has 0 N–H and O–H groups in total. The summed E-state index contributed by atoms with van der Waals surface area (Å²) >= 11 is 1.55. The van der Waals surface area contributed by atoms with Gasteiger partial charge in [0.25, 0.3) is 0 Å². The molecule has 0 saturated heterocycles. The van der Waals surface area contributed by atoms with Gasteiger partial charge in [-0.3, -0.25) is 0 Å². The monoisotopic (exact) mass is 233 g/mol. The SMILES string of the molecule is C=Cc1nc(C)sc1C(N=C)=N/C=C\CC. The van der Waals surface area contributed by atoms with E-state index in [2.05, 4.69) is 35.2 Å². The highest BCUT2D eigenvalue weighted by Gasteiger charge is 2.10. The molecule has 1 aromatic rings. The Bertz CT molecular complexity index is 441. The van der Waals surface area contributed by atoms with Crippen LogP contribution in [-0.4, -0.2) is 17.5 Å². The Balaban J connectivity index is 3.12. The zero-order valence-corrected chi connectivity index (χ0v) is 10.4. The van der Waals surface area contributed by atoms with Crippen LogP contribution in [0.25, 0.3) is 6.08 Å². The zero-order valence-electron chi connectivity index (χ0n) is 9.60. The van der Waals surface area contributed by atoms with Gasteiger partial charge in [-0.2, -0.15) is 0 Å². The summed E-state index contributed by atoms with van der Waals surface area (Å²) in [5, 5.41) is 0.973. The highest BCUT2D eigenvalue weighted by atomic mass is 32.1. The molecule has 1 heterocycles. The molecule has 16 heavy (non-hydrogen) atoms. The normalized spacial score (nSPS) is 12.0. The third-order valence-corrected chi connectivity index (χ3v) is 2.83. The molecule has 0 atom stereocenters. The molecule has 0 aliphatic rings. The van der Waals surface area contributed by atoms with Crippen LogP contribution in [0.3, 0.4) is 0 Å². The molecule has 1 aromatic heterocycles. The number of hydrogen-bond acceptors (Lipinski definition) is 3. The summed E-state index contributed by atoms with van der Waals surface area (Å²) in [4.78, 5) is 13.4. The summed E-state index contributed by atoms with van der Waals surface area (Å²) in [7, 11) is 0.